The maximum absolute atomic E-state index is 5.17. The smallest absolute Gasteiger partial charge is 0.128 e. The lowest BCUT2D eigenvalue weighted by molar-refractivity contribution is 0.182. The van der Waals surface area contributed by atoms with Crippen molar-refractivity contribution < 1.29 is 4.74 Å². The fourth-order valence-electron chi connectivity index (χ4n) is 4.62. The van der Waals surface area contributed by atoms with Crippen molar-refractivity contribution in [3.63, 3.8) is 0 Å². The van der Waals surface area contributed by atoms with E-state index in [0.29, 0.717) is 18.1 Å². The molecular formula is C22H34N6O. The van der Waals surface area contributed by atoms with E-state index in [1.54, 1.807) is 7.11 Å². The van der Waals surface area contributed by atoms with Crippen molar-refractivity contribution in [2.24, 2.45) is 12.5 Å². The molecule has 0 amide bonds. The molecule has 2 fully saturated rings. The first-order valence-corrected chi connectivity index (χ1v) is 10.7. The molecule has 0 radical (unpaired) electrons. The first kappa shape index (κ1) is 20.3. The average molecular weight is 399 g/mol. The normalized spacial score (nSPS) is 20.3. The summed E-state index contributed by atoms with van der Waals surface area (Å²) in [6, 6.07) is 4.98. The summed E-state index contributed by atoms with van der Waals surface area (Å²) >= 11 is 0. The van der Waals surface area contributed by atoms with Gasteiger partial charge in [-0.15, -0.1) is 0 Å². The third kappa shape index (κ3) is 4.63. The number of nitrogens with zero attached hydrogens (tertiary/aromatic N) is 5. The van der Waals surface area contributed by atoms with Crippen molar-refractivity contribution in [3.05, 3.63) is 42.1 Å². The Morgan fingerprint density at radius 3 is 2.72 bits per heavy atom. The standard InChI is InChI=1S/C22H34N6O/c1-26-11-10-24-21(26)17-28(19-14-22(19)6-8-23-9-7-22)16-18-4-5-20(25-15-18)27(2)12-13-29-3/h4-5,10-11,15,19,23H,6-9,12-14,16-17H2,1-3H3. The minimum absolute atomic E-state index is 0.504. The minimum atomic E-state index is 0.504. The van der Waals surface area contributed by atoms with Gasteiger partial charge in [-0.25, -0.2) is 9.97 Å². The molecule has 1 atom stereocenters. The summed E-state index contributed by atoms with van der Waals surface area (Å²) in [5, 5.41) is 3.52. The van der Waals surface area contributed by atoms with Crippen LogP contribution in [0.1, 0.15) is 30.7 Å². The highest BCUT2D eigenvalue weighted by molar-refractivity contribution is 5.38. The lowest BCUT2D eigenvalue weighted by atomic mass is 9.93. The van der Waals surface area contributed by atoms with E-state index in [9.17, 15) is 0 Å². The van der Waals surface area contributed by atoms with Crippen LogP contribution in [0.25, 0.3) is 0 Å². The fraction of sp³-hybridized carbons (Fsp3) is 0.636. The Morgan fingerprint density at radius 2 is 2.07 bits per heavy atom. The number of piperidine rings is 1. The second-order valence-electron chi connectivity index (χ2n) is 8.63. The zero-order chi connectivity index (χ0) is 20.3. The van der Waals surface area contributed by atoms with Gasteiger partial charge in [0.15, 0.2) is 0 Å². The van der Waals surface area contributed by atoms with Gasteiger partial charge in [-0.1, -0.05) is 6.07 Å². The van der Waals surface area contributed by atoms with E-state index in [1.807, 2.05) is 18.6 Å². The molecule has 3 heterocycles. The summed E-state index contributed by atoms with van der Waals surface area (Å²) in [5.41, 5.74) is 1.77. The van der Waals surface area contributed by atoms with Crippen molar-refractivity contribution >= 4 is 5.82 Å². The highest BCUT2D eigenvalue weighted by Gasteiger charge is 2.56. The molecule has 7 heteroatoms. The maximum atomic E-state index is 5.17. The van der Waals surface area contributed by atoms with Gasteiger partial charge in [0, 0.05) is 58.9 Å². The predicted octanol–water partition coefficient (Wildman–Crippen LogP) is 2.04. The van der Waals surface area contributed by atoms with Crippen LogP contribution in [0, 0.1) is 5.41 Å². The number of likely N-dealkylation sites (N-methyl/N-ethyl adjacent to an activating group) is 1. The van der Waals surface area contributed by atoms with Crippen LogP contribution in [0.15, 0.2) is 30.7 Å². The highest BCUT2D eigenvalue weighted by Crippen LogP contribution is 2.56. The molecule has 4 rings (SSSR count). The molecule has 1 aliphatic carbocycles. The number of ether oxygens (including phenoxy) is 1. The van der Waals surface area contributed by atoms with Gasteiger partial charge < -0.3 is 19.5 Å². The van der Waals surface area contributed by atoms with E-state index in [-0.39, 0.29) is 0 Å². The summed E-state index contributed by atoms with van der Waals surface area (Å²) in [6.45, 7) is 5.65. The molecule has 158 valence electrons. The molecule has 29 heavy (non-hydrogen) atoms. The van der Waals surface area contributed by atoms with E-state index in [0.717, 1.165) is 44.4 Å². The van der Waals surface area contributed by atoms with Gasteiger partial charge in [-0.3, -0.25) is 4.90 Å². The van der Waals surface area contributed by atoms with Crippen LogP contribution < -0.4 is 10.2 Å². The summed E-state index contributed by atoms with van der Waals surface area (Å²) < 4.78 is 7.30. The Balaban J connectivity index is 1.46. The van der Waals surface area contributed by atoms with Gasteiger partial charge in [-0.2, -0.15) is 0 Å². The number of aryl methyl sites for hydroxylation is 1. The number of aromatic nitrogens is 3. The third-order valence-electron chi connectivity index (χ3n) is 6.67. The summed E-state index contributed by atoms with van der Waals surface area (Å²) in [7, 11) is 5.87. The highest BCUT2D eigenvalue weighted by atomic mass is 16.5. The Labute approximate surface area is 174 Å². The SMILES string of the molecule is COCCN(C)c1ccc(CN(Cc2nccn2C)C2CC23CCNCC3)cn1. The van der Waals surface area contributed by atoms with Gasteiger partial charge in [0.25, 0.3) is 0 Å². The van der Waals surface area contributed by atoms with Crippen molar-refractivity contribution in [2.75, 3.05) is 45.3 Å². The van der Waals surface area contributed by atoms with Crippen LogP contribution in [0.2, 0.25) is 0 Å². The largest absolute Gasteiger partial charge is 0.383 e. The van der Waals surface area contributed by atoms with E-state index < -0.39 is 0 Å². The quantitative estimate of drug-likeness (QED) is 0.698. The van der Waals surface area contributed by atoms with E-state index in [1.165, 1.54) is 24.8 Å². The van der Waals surface area contributed by atoms with Gasteiger partial charge in [0.1, 0.15) is 11.6 Å². The Kier molecular flexibility index (Phi) is 6.18. The summed E-state index contributed by atoms with van der Waals surface area (Å²) in [6.07, 6.45) is 9.85. The lowest BCUT2D eigenvalue weighted by Gasteiger charge is -2.29. The van der Waals surface area contributed by atoms with Gasteiger partial charge >= 0.3 is 0 Å². The fourth-order valence-corrected chi connectivity index (χ4v) is 4.62. The van der Waals surface area contributed by atoms with Crippen LogP contribution >= 0.6 is 0 Å². The van der Waals surface area contributed by atoms with Crippen molar-refractivity contribution in [3.8, 4) is 0 Å². The second-order valence-corrected chi connectivity index (χ2v) is 8.63. The molecule has 1 N–H and O–H groups in total. The summed E-state index contributed by atoms with van der Waals surface area (Å²) in [5.74, 6) is 2.12. The molecule has 2 aromatic heterocycles. The zero-order valence-electron chi connectivity index (χ0n) is 18.0. The second kappa shape index (κ2) is 8.81. The molecule has 1 saturated carbocycles. The molecule has 1 unspecified atom stereocenters. The monoisotopic (exact) mass is 398 g/mol. The van der Waals surface area contributed by atoms with Crippen LogP contribution in [0.5, 0.6) is 0 Å². The van der Waals surface area contributed by atoms with E-state index >= 15 is 0 Å². The number of rotatable bonds is 9. The van der Waals surface area contributed by atoms with Crippen LogP contribution in [-0.4, -0.2) is 65.9 Å². The Bertz CT molecular complexity index is 783. The lowest BCUT2D eigenvalue weighted by Crippen LogP contribution is -2.36. The molecule has 1 aliphatic heterocycles. The number of hydrogen-bond donors (Lipinski definition) is 1. The van der Waals surface area contributed by atoms with Crippen LogP contribution in [-0.2, 0) is 24.9 Å². The van der Waals surface area contributed by atoms with Gasteiger partial charge in [0.2, 0.25) is 0 Å². The molecule has 2 aliphatic rings. The number of methoxy groups -OCH3 is 1. The number of pyridine rings is 1. The Hall–Kier alpha value is -1.96. The molecule has 1 saturated heterocycles. The molecule has 0 aromatic carbocycles. The predicted molar refractivity (Wildman–Crippen MR) is 115 cm³/mol. The number of nitrogens with one attached hydrogen (secondary N) is 1. The summed E-state index contributed by atoms with van der Waals surface area (Å²) in [4.78, 5) is 14.0. The van der Waals surface area contributed by atoms with Crippen molar-refractivity contribution in [2.45, 2.75) is 38.4 Å². The molecular weight excluding hydrogens is 364 g/mol. The first-order chi connectivity index (χ1) is 14.1. The number of hydrogen-bond acceptors (Lipinski definition) is 6. The van der Waals surface area contributed by atoms with Crippen LogP contribution in [0.4, 0.5) is 5.82 Å². The maximum Gasteiger partial charge on any atom is 0.128 e. The third-order valence-corrected chi connectivity index (χ3v) is 6.67. The van der Waals surface area contributed by atoms with Crippen molar-refractivity contribution in [1.29, 1.82) is 0 Å². The van der Waals surface area contributed by atoms with E-state index in [2.05, 4.69) is 50.9 Å². The topological polar surface area (TPSA) is 58.5 Å². The van der Waals surface area contributed by atoms with Gasteiger partial charge in [0.05, 0.1) is 13.2 Å². The average Bonchev–Trinajstić information content (AvgIpc) is 3.27. The van der Waals surface area contributed by atoms with Gasteiger partial charge in [-0.05, 0) is 49.4 Å². The Morgan fingerprint density at radius 1 is 1.24 bits per heavy atom. The number of anilines is 1. The molecule has 2 aromatic rings. The van der Waals surface area contributed by atoms with Crippen LogP contribution in [0.3, 0.4) is 0 Å². The molecule has 1 spiro atoms. The molecule has 7 nitrogen and oxygen atoms in total. The number of imidazole rings is 1. The van der Waals surface area contributed by atoms with E-state index in [4.69, 9.17) is 9.72 Å². The van der Waals surface area contributed by atoms with Crippen molar-refractivity contribution in [1.82, 2.24) is 24.8 Å². The minimum Gasteiger partial charge on any atom is -0.383 e. The zero-order valence-corrected chi connectivity index (χ0v) is 18.0. The first-order valence-electron chi connectivity index (χ1n) is 10.7. The molecule has 0 bridgehead atoms.